The summed E-state index contributed by atoms with van der Waals surface area (Å²) >= 11 is 1.41. The first-order chi connectivity index (χ1) is 12.4. The number of hydrogen-bond donors (Lipinski definition) is 0. The molecule has 0 aliphatic carbocycles. The summed E-state index contributed by atoms with van der Waals surface area (Å²) in [6, 6.07) is 8.40. The number of aryl methyl sites for hydroxylation is 1. The molecule has 0 radical (unpaired) electrons. The average Bonchev–Trinajstić information content (AvgIpc) is 3.06. The van der Waals surface area contributed by atoms with Gasteiger partial charge in [0.1, 0.15) is 0 Å². The molecule has 0 spiro atoms. The minimum Gasteiger partial charge on any atom is -0.339 e. The number of sulfonamides is 1. The molecule has 1 saturated heterocycles. The standard InChI is InChI=1S/C17H22N4O3S2/c1-14(25-17-18-8-9-19(17)2)16(22)20-10-12-21(13-11-20)26(23,24)15-6-4-3-5-7-15/h3-9,14H,10-13H2,1-2H3/t14-/m0/s1. The zero-order valence-electron chi connectivity index (χ0n) is 14.8. The van der Waals surface area contributed by atoms with E-state index in [1.54, 1.807) is 41.4 Å². The van der Waals surface area contributed by atoms with E-state index in [0.29, 0.717) is 31.1 Å². The van der Waals surface area contributed by atoms with Crippen molar-refractivity contribution < 1.29 is 13.2 Å². The molecule has 7 nitrogen and oxygen atoms in total. The Labute approximate surface area is 158 Å². The first kappa shape index (κ1) is 18.9. The second-order valence-electron chi connectivity index (χ2n) is 6.12. The van der Waals surface area contributed by atoms with Crippen molar-refractivity contribution in [2.75, 3.05) is 26.2 Å². The van der Waals surface area contributed by atoms with Gasteiger partial charge in [0, 0.05) is 45.6 Å². The number of aromatic nitrogens is 2. The molecule has 1 amide bonds. The van der Waals surface area contributed by atoms with Gasteiger partial charge in [0.15, 0.2) is 5.16 Å². The molecule has 140 valence electrons. The van der Waals surface area contributed by atoms with E-state index in [2.05, 4.69) is 4.98 Å². The summed E-state index contributed by atoms with van der Waals surface area (Å²) in [7, 11) is -1.61. The molecule has 0 N–H and O–H groups in total. The molecular weight excluding hydrogens is 372 g/mol. The molecule has 1 aromatic carbocycles. The normalized spacial score (nSPS) is 17.2. The highest BCUT2D eigenvalue weighted by Crippen LogP contribution is 2.23. The van der Waals surface area contributed by atoms with Crippen molar-refractivity contribution in [1.29, 1.82) is 0 Å². The van der Waals surface area contributed by atoms with Crippen LogP contribution in [-0.4, -0.2) is 64.5 Å². The van der Waals surface area contributed by atoms with E-state index in [0.717, 1.165) is 5.16 Å². The highest BCUT2D eigenvalue weighted by Gasteiger charge is 2.31. The number of benzene rings is 1. The van der Waals surface area contributed by atoms with Crippen LogP contribution >= 0.6 is 11.8 Å². The lowest BCUT2D eigenvalue weighted by atomic mass is 10.3. The maximum absolute atomic E-state index is 12.7. The van der Waals surface area contributed by atoms with Crippen LogP contribution in [0, 0.1) is 0 Å². The molecule has 0 saturated carbocycles. The largest absolute Gasteiger partial charge is 0.339 e. The Morgan fingerprint density at radius 2 is 1.81 bits per heavy atom. The summed E-state index contributed by atoms with van der Waals surface area (Å²) in [4.78, 5) is 18.9. The number of amides is 1. The van der Waals surface area contributed by atoms with Crippen molar-refractivity contribution in [2.24, 2.45) is 7.05 Å². The molecule has 1 fully saturated rings. The van der Waals surface area contributed by atoms with Gasteiger partial charge in [-0.15, -0.1) is 0 Å². The Hall–Kier alpha value is -1.84. The van der Waals surface area contributed by atoms with Gasteiger partial charge in [-0.05, 0) is 19.1 Å². The van der Waals surface area contributed by atoms with Gasteiger partial charge >= 0.3 is 0 Å². The van der Waals surface area contributed by atoms with Gasteiger partial charge in [0.2, 0.25) is 15.9 Å². The van der Waals surface area contributed by atoms with E-state index in [4.69, 9.17) is 0 Å². The highest BCUT2D eigenvalue weighted by atomic mass is 32.2. The first-order valence-electron chi connectivity index (χ1n) is 8.37. The van der Waals surface area contributed by atoms with Gasteiger partial charge in [-0.1, -0.05) is 30.0 Å². The maximum atomic E-state index is 12.7. The lowest BCUT2D eigenvalue weighted by molar-refractivity contribution is -0.131. The predicted molar refractivity (Wildman–Crippen MR) is 100 cm³/mol. The van der Waals surface area contributed by atoms with Crippen LogP contribution in [0.25, 0.3) is 0 Å². The molecular formula is C17H22N4O3S2. The van der Waals surface area contributed by atoms with Crippen LogP contribution in [-0.2, 0) is 21.9 Å². The van der Waals surface area contributed by atoms with E-state index >= 15 is 0 Å². The molecule has 0 bridgehead atoms. The topological polar surface area (TPSA) is 75.5 Å². The summed E-state index contributed by atoms with van der Waals surface area (Å²) in [5.41, 5.74) is 0. The Balaban J connectivity index is 1.59. The Kier molecular flexibility index (Phi) is 5.69. The number of imidazole rings is 1. The van der Waals surface area contributed by atoms with E-state index in [-0.39, 0.29) is 11.2 Å². The van der Waals surface area contributed by atoms with Crippen LogP contribution < -0.4 is 0 Å². The molecule has 1 aromatic heterocycles. The number of carbonyl (C=O) groups is 1. The minimum absolute atomic E-state index is 0.00904. The first-order valence-corrected chi connectivity index (χ1v) is 10.7. The van der Waals surface area contributed by atoms with E-state index < -0.39 is 10.0 Å². The summed E-state index contributed by atoms with van der Waals surface area (Å²) < 4.78 is 28.6. The van der Waals surface area contributed by atoms with Crippen molar-refractivity contribution in [3.63, 3.8) is 0 Å². The molecule has 1 aliphatic rings. The third-order valence-corrected chi connectivity index (χ3v) is 7.41. The predicted octanol–water partition coefficient (Wildman–Crippen LogP) is 1.43. The summed E-state index contributed by atoms with van der Waals surface area (Å²) in [6.45, 7) is 3.27. The number of carbonyl (C=O) groups excluding carboxylic acids is 1. The van der Waals surface area contributed by atoms with Crippen molar-refractivity contribution >= 4 is 27.7 Å². The van der Waals surface area contributed by atoms with Gasteiger partial charge in [0.05, 0.1) is 10.1 Å². The van der Waals surface area contributed by atoms with Gasteiger partial charge in [0.25, 0.3) is 0 Å². The van der Waals surface area contributed by atoms with E-state index in [1.165, 1.54) is 16.1 Å². The lowest BCUT2D eigenvalue weighted by Crippen LogP contribution is -2.52. The fourth-order valence-corrected chi connectivity index (χ4v) is 5.18. The van der Waals surface area contributed by atoms with E-state index in [1.807, 2.05) is 24.7 Å². The number of rotatable bonds is 5. The van der Waals surface area contributed by atoms with Crippen LogP contribution in [0.5, 0.6) is 0 Å². The summed E-state index contributed by atoms with van der Waals surface area (Å²) in [5, 5.41) is 0.518. The molecule has 0 unspecified atom stereocenters. The Morgan fingerprint density at radius 3 is 2.38 bits per heavy atom. The highest BCUT2D eigenvalue weighted by molar-refractivity contribution is 8.00. The quantitative estimate of drug-likeness (QED) is 0.717. The van der Waals surface area contributed by atoms with Crippen molar-refractivity contribution in [1.82, 2.24) is 18.8 Å². The number of piperazine rings is 1. The monoisotopic (exact) mass is 394 g/mol. The zero-order valence-corrected chi connectivity index (χ0v) is 16.4. The fourth-order valence-electron chi connectivity index (χ4n) is 2.82. The number of thioether (sulfide) groups is 1. The maximum Gasteiger partial charge on any atom is 0.243 e. The van der Waals surface area contributed by atoms with Crippen LogP contribution in [0.1, 0.15) is 6.92 Å². The summed E-state index contributed by atoms with van der Waals surface area (Å²) in [5.74, 6) is 0.00904. The second-order valence-corrected chi connectivity index (χ2v) is 9.37. The minimum atomic E-state index is -3.50. The van der Waals surface area contributed by atoms with Gasteiger partial charge in [-0.2, -0.15) is 4.31 Å². The molecule has 9 heteroatoms. The molecule has 3 rings (SSSR count). The SMILES string of the molecule is C[C@H](Sc1nccn1C)C(=O)N1CCN(S(=O)(=O)c2ccccc2)CC1. The van der Waals surface area contributed by atoms with E-state index in [9.17, 15) is 13.2 Å². The Morgan fingerprint density at radius 1 is 1.15 bits per heavy atom. The molecule has 1 aliphatic heterocycles. The van der Waals surface area contributed by atoms with Crippen LogP contribution in [0.2, 0.25) is 0 Å². The van der Waals surface area contributed by atoms with Crippen LogP contribution in [0.4, 0.5) is 0 Å². The fraction of sp³-hybridized carbons (Fsp3) is 0.412. The van der Waals surface area contributed by atoms with Gasteiger partial charge < -0.3 is 9.47 Å². The number of nitrogens with zero attached hydrogens (tertiary/aromatic N) is 4. The van der Waals surface area contributed by atoms with Crippen molar-refractivity contribution in [2.45, 2.75) is 22.2 Å². The third kappa shape index (κ3) is 3.94. The molecule has 1 atom stereocenters. The molecule has 26 heavy (non-hydrogen) atoms. The second kappa shape index (κ2) is 7.81. The summed E-state index contributed by atoms with van der Waals surface area (Å²) in [6.07, 6.45) is 3.54. The smallest absolute Gasteiger partial charge is 0.243 e. The zero-order chi connectivity index (χ0) is 18.7. The van der Waals surface area contributed by atoms with Crippen LogP contribution in [0.15, 0.2) is 52.8 Å². The van der Waals surface area contributed by atoms with Gasteiger partial charge in [-0.25, -0.2) is 13.4 Å². The molecule has 2 aromatic rings. The van der Waals surface area contributed by atoms with Crippen molar-refractivity contribution in [3.8, 4) is 0 Å². The molecule has 2 heterocycles. The number of hydrogen-bond acceptors (Lipinski definition) is 5. The lowest BCUT2D eigenvalue weighted by Gasteiger charge is -2.35. The van der Waals surface area contributed by atoms with Crippen LogP contribution in [0.3, 0.4) is 0 Å². The average molecular weight is 395 g/mol. The third-order valence-electron chi connectivity index (χ3n) is 4.34. The Bertz CT molecular complexity index is 859. The van der Waals surface area contributed by atoms with Gasteiger partial charge in [-0.3, -0.25) is 4.79 Å². The van der Waals surface area contributed by atoms with Crippen molar-refractivity contribution in [3.05, 3.63) is 42.7 Å².